The smallest absolute Gasteiger partial charge is 0.253 e. The number of rotatable bonds is 7. The molecule has 0 bridgehead atoms. The van der Waals surface area contributed by atoms with Gasteiger partial charge in [0.25, 0.3) is 5.91 Å². The topological polar surface area (TPSA) is 58.6 Å². The highest BCUT2D eigenvalue weighted by Gasteiger charge is 2.30. The highest BCUT2D eigenvalue weighted by Crippen LogP contribution is 2.27. The average molecular weight is 305 g/mol. The van der Waals surface area contributed by atoms with E-state index < -0.39 is 11.7 Å². The van der Waals surface area contributed by atoms with Crippen LogP contribution >= 0.6 is 0 Å². The fraction of sp³-hybridized carbons (Fsp3) is 0.611. The Kier molecular flexibility index (Phi) is 5.98. The number of nitrogens with one attached hydrogen (secondary N) is 1. The van der Waals surface area contributed by atoms with Gasteiger partial charge in [0.2, 0.25) is 0 Å². The molecule has 1 heterocycles. The summed E-state index contributed by atoms with van der Waals surface area (Å²) in [6.07, 6.45) is 3.48. The Balaban J connectivity index is 2.01. The molecular weight excluding hydrogens is 278 g/mol. The Labute approximate surface area is 132 Å². The molecule has 2 N–H and O–H groups in total. The fourth-order valence-corrected chi connectivity index (χ4v) is 3.19. The van der Waals surface area contributed by atoms with Gasteiger partial charge in [0.15, 0.2) is 6.10 Å². The first-order valence-electron chi connectivity index (χ1n) is 8.29. The number of carbonyl (C=O) groups excluding carboxylic acids is 1. The van der Waals surface area contributed by atoms with Crippen LogP contribution in [-0.4, -0.2) is 29.8 Å². The van der Waals surface area contributed by atoms with Gasteiger partial charge in [-0.25, -0.2) is 0 Å². The van der Waals surface area contributed by atoms with Crippen LogP contribution in [0.1, 0.15) is 56.8 Å². The number of benzene rings is 1. The van der Waals surface area contributed by atoms with Crippen molar-refractivity contribution < 1.29 is 14.6 Å². The minimum atomic E-state index is -0.812. The van der Waals surface area contributed by atoms with E-state index in [1.807, 2.05) is 38.1 Å². The van der Waals surface area contributed by atoms with E-state index in [-0.39, 0.29) is 12.5 Å². The molecule has 1 aliphatic heterocycles. The van der Waals surface area contributed by atoms with Crippen LogP contribution in [0.25, 0.3) is 0 Å². The number of fused-ring (bicyclic) bond motifs is 1. The molecule has 1 aromatic rings. The number of hydrogen-bond acceptors (Lipinski definition) is 3. The molecule has 0 aromatic heterocycles. The number of carbonyl (C=O) groups is 1. The highest BCUT2D eigenvalue weighted by atomic mass is 16.5. The molecule has 122 valence electrons. The first-order valence-corrected chi connectivity index (χ1v) is 8.29. The second-order valence-electron chi connectivity index (χ2n) is 6.14. The van der Waals surface area contributed by atoms with Crippen LogP contribution < -0.4 is 5.32 Å². The predicted octanol–water partition coefficient (Wildman–Crippen LogP) is 2.75. The molecule has 0 fully saturated rings. The summed E-state index contributed by atoms with van der Waals surface area (Å²) in [5.74, 6) is -0.155. The molecule has 0 saturated carbocycles. The van der Waals surface area contributed by atoms with Crippen molar-refractivity contribution in [3.8, 4) is 0 Å². The summed E-state index contributed by atoms with van der Waals surface area (Å²) < 4.78 is 5.66. The average Bonchev–Trinajstić information content (AvgIpc) is 2.52. The molecule has 1 atom stereocenters. The van der Waals surface area contributed by atoms with E-state index in [4.69, 9.17) is 4.74 Å². The van der Waals surface area contributed by atoms with Crippen LogP contribution in [0.5, 0.6) is 0 Å². The van der Waals surface area contributed by atoms with Crippen molar-refractivity contribution in [3.63, 3.8) is 0 Å². The van der Waals surface area contributed by atoms with Crippen molar-refractivity contribution in [2.24, 2.45) is 0 Å². The summed E-state index contributed by atoms with van der Waals surface area (Å²) in [7, 11) is 0. The molecule has 22 heavy (non-hydrogen) atoms. The van der Waals surface area contributed by atoms with E-state index in [0.717, 1.165) is 24.8 Å². The lowest BCUT2D eigenvalue weighted by atomic mass is 9.92. The minimum Gasteiger partial charge on any atom is -0.388 e. The second-order valence-corrected chi connectivity index (χ2v) is 6.14. The number of hydrogen-bond donors (Lipinski definition) is 2. The van der Waals surface area contributed by atoms with Gasteiger partial charge < -0.3 is 15.2 Å². The molecule has 1 amide bonds. The van der Waals surface area contributed by atoms with Gasteiger partial charge in [0.1, 0.15) is 0 Å². The van der Waals surface area contributed by atoms with E-state index >= 15 is 0 Å². The van der Waals surface area contributed by atoms with Gasteiger partial charge in [-0.1, -0.05) is 51.0 Å². The molecule has 1 unspecified atom stereocenters. The molecule has 4 heteroatoms. The van der Waals surface area contributed by atoms with Crippen LogP contribution in [0, 0.1) is 0 Å². The van der Waals surface area contributed by atoms with Crippen molar-refractivity contribution in [2.75, 3.05) is 13.2 Å². The Morgan fingerprint density at radius 1 is 1.32 bits per heavy atom. The summed E-state index contributed by atoms with van der Waals surface area (Å²) in [6.45, 7) is 4.94. The zero-order valence-corrected chi connectivity index (χ0v) is 13.6. The van der Waals surface area contributed by atoms with Crippen LogP contribution in [-0.2, 0) is 16.0 Å². The van der Waals surface area contributed by atoms with E-state index in [9.17, 15) is 9.90 Å². The SMILES string of the molecule is CCCC(O)(CCC)CNC(=O)C1OCCc2ccccc21. The zero-order chi connectivity index (χ0) is 16.0. The summed E-state index contributed by atoms with van der Waals surface area (Å²) in [5.41, 5.74) is 1.31. The molecular formula is C18H27NO3. The van der Waals surface area contributed by atoms with Gasteiger partial charge in [-0.15, -0.1) is 0 Å². The van der Waals surface area contributed by atoms with E-state index in [0.29, 0.717) is 19.4 Å². The van der Waals surface area contributed by atoms with E-state index in [1.165, 1.54) is 5.56 Å². The Morgan fingerprint density at radius 3 is 2.68 bits per heavy atom. The molecule has 1 aliphatic rings. The van der Waals surface area contributed by atoms with Gasteiger partial charge in [-0.2, -0.15) is 0 Å². The summed E-state index contributed by atoms with van der Waals surface area (Å²) >= 11 is 0. The molecule has 4 nitrogen and oxygen atoms in total. The van der Waals surface area contributed by atoms with E-state index in [1.54, 1.807) is 0 Å². The quantitative estimate of drug-likeness (QED) is 0.814. The van der Waals surface area contributed by atoms with Gasteiger partial charge >= 0.3 is 0 Å². The zero-order valence-electron chi connectivity index (χ0n) is 13.6. The fourth-order valence-electron chi connectivity index (χ4n) is 3.19. The lowest BCUT2D eigenvalue weighted by molar-refractivity contribution is -0.135. The lowest BCUT2D eigenvalue weighted by Crippen LogP contribution is -2.45. The van der Waals surface area contributed by atoms with Crippen molar-refractivity contribution in [3.05, 3.63) is 35.4 Å². The van der Waals surface area contributed by atoms with Gasteiger partial charge in [-0.3, -0.25) is 4.79 Å². The number of aliphatic hydroxyl groups is 1. The van der Waals surface area contributed by atoms with E-state index in [2.05, 4.69) is 5.32 Å². The third-order valence-electron chi connectivity index (χ3n) is 4.25. The summed E-state index contributed by atoms with van der Waals surface area (Å²) in [6, 6.07) is 7.91. The standard InChI is InChI=1S/C18H27NO3/c1-3-10-18(21,11-4-2)13-19-17(20)16-15-8-6-5-7-14(15)9-12-22-16/h5-8,16,21H,3-4,9-13H2,1-2H3,(H,19,20). The van der Waals surface area contributed by atoms with Gasteiger partial charge in [0.05, 0.1) is 12.2 Å². The number of ether oxygens (including phenoxy) is 1. The lowest BCUT2D eigenvalue weighted by Gasteiger charge is -2.30. The van der Waals surface area contributed by atoms with Crippen LogP contribution in [0.15, 0.2) is 24.3 Å². The minimum absolute atomic E-state index is 0.155. The molecule has 2 rings (SSSR count). The van der Waals surface area contributed by atoms with Crippen LogP contribution in [0.3, 0.4) is 0 Å². The van der Waals surface area contributed by atoms with Crippen molar-refractivity contribution >= 4 is 5.91 Å². The molecule has 1 aromatic carbocycles. The van der Waals surface area contributed by atoms with Gasteiger partial charge in [0, 0.05) is 6.54 Å². The summed E-state index contributed by atoms with van der Waals surface area (Å²) in [4.78, 5) is 12.5. The third kappa shape index (κ3) is 4.08. The molecule has 0 aliphatic carbocycles. The summed E-state index contributed by atoms with van der Waals surface area (Å²) in [5, 5.41) is 13.5. The van der Waals surface area contributed by atoms with Gasteiger partial charge in [-0.05, 0) is 30.4 Å². The Bertz CT molecular complexity index is 495. The van der Waals surface area contributed by atoms with Crippen molar-refractivity contribution in [2.45, 2.75) is 57.7 Å². The monoisotopic (exact) mass is 305 g/mol. The maximum Gasteiger partial charge on any atom is 0.253 e. The number of amides is 1. The first kappa shape index (κ1) is 17.0. The van der Waals surface area contributed by atoms with Crippen molar-refractivity contribution in [1.29, 1.82) is 0 Å². The molecule has 0 saturated heterocycles. The van der Waals surface area contributed by atoms with Crippen molar-refractivity contribution in [1.82, 2.24) is 5.32 Å². The maximum atomic E-state index is 12.5. The first-order chi connectivity index (χ1) is 10.6. The molecule has 0 radical (unpaired) electrons. The maximum absolute atomic E-state index is 12.5. The van der Waals surface area contributed by atoms with Crippen LogP contribution in [0.2, 0.25) is 0 Å². The second kappa shape index (κ2) is 7.75. The third-order valence-corrected chi connectivity index (χ3v) is 4.25. The largest absolute Gasteiger partial charge is 0.388 e. The highest BCUT2D eigenvalue weighted by molar-refractivity contribution is 5.83. The molecule has 0 spiro atoms. The van der Waals surface area contributed by atoms with Crippen LogP contribution in [0.4, 0.5) is 0 Å². The Hall–Kier alpha value is -1.39. The predicted molar refractivity (Wildman–Crippen MR) is 86.6 cm³/mol. The Morgan fingerprint density at radius 2 is 2.00 bits per heavy atom. The normalized spacial score (nSPS) is 17.9.